The zero-order chi connectivity index (χ0) is 8.10. The monoisotopic (exact) mass is 157 g/mol. The molecule has 0 saturated heterocycles. The summed E-state index contributed by atoms with van der Waals surface area (Å²) in [5.74, 6) is 0.999. The average molecular weight is 157 g/mol. The minimum absolute atomic E-state index is 0.279. The quantitative estimate of drug-likeness (QED) is 0.606. The molecule has 2 N–H and O–H groups in total. The van der Waals surface area contributed by atoms with Crippen molar-refractivity contribution in [2.75, 3.05) is 13.2 Å². The summed E-state index contributed by atoms with van der Waals surface area (Å²) in [6.45, 7) is 3.47. The van der Waals surface area contributed by atoms with Crippen molar-refractivity contribution in [1.29, 1.82) is 0 Å². The first-order valence-corrected chi connectivity index (χ1v) is 4.71. The molecule has 0 bridgehead atoms. The molecule has 0 aromatic carbocycles. The molecule has 2 heteroatoms. The minimum Gasteiger partial charge on any atom is -0.395 e. The van der Waals surface area contributed by atoms with Crippen molar-refractivity contribution in [2.45, 2.75) is 38.6 Å². The van der Waals surface area contributed by atoms with Crippen molar-refractivity contribution < 1.29 is 5.11 Å². The Morgan fingerprint density at radius 2 is 2.27 bits per heavy atom. The molecule has 0 heterocycles. The fourth-order valence-corrected chi connectivity index (χ4v) is 1.24. The predicted octanol–water partition coefficient (Wildman–Crippen LogP) is 1.15. The average Bonchev–Trinajstić information content (AvgIpc) is 2.82. The first-order chi connectivity index (χ1) is 5.36. The highest BCUT2D eigenvalue weighted by Gasteiger charge is 2.20. The van der Waals surface area contributed by atoms with Gasteiger partial charge in [0.15, 0.2) is 0 Å². The molecule has 1 atom stereocenters. The lowest BCUT2D eigenvalue weighted by Crippen LogP contribution is -2.32. The van der Waals surface area contributed by atoms with Crippen LogP contribution in [0.1, 0.15) is 32.6 Å². The van der Waals surface area contributed by atoms with Crippen LogP contribution < -0.4 is 5.32 Å². The molecule has 0 aliphatic heterocycles. The molecule has 1 unspecified atom stereocenters. The standard InChI is InChI=1S/C9H19NO/c1-2-9(7-11)10-6-5-8-3-4-8/h8-11H,2-7H2,1H3. The van der Waals surface area contributed by atoms with E-state index in [1.807, 2.05) is 0 Å². The topological polar surface area (TPSA) is 32.3 Å². The Morgan fingerprint density at radius 3 is 2.73 bits per heavy atom. The molecule has 1 saturated carbocycles. The van der Waals surface area contributed by atoms with Crippen molar-refractivity contribution in [2.24, 2.45) is 5.92 Å². The third-order valence-corrected chi connectivity index (χ3v) is 2.40. The molecule has 0 aromatic heterocycles. The van der Waals surface area contributed by atoms with Gasteiger partial charge in [0, 0.05) is 6.04 Å². The van der Waals surface area contributed by atoms with Gasteiger partial charge in [-0.2, -0.15) is 0 Å². The number of hydrogen-bond donors (Lipinski definition) is 2. The number of aliphatic hydroxyl groups excluding tert-OH is 1. The van der Waals surface area contributed by atoms with Gasteiger partial charge < -0.3 is 10.4 Å². The lowest BCUT2D eigenvalue weighted by molar-refractivity contribution is 0.238. The highest BCUT2D eigenvalue weighted by Crippen LogP contribution is 2.31. The summed E-state index contributed by atoms with van der Waals surface area (Å²) in [6, 6.07) is 0.328. The van der Waals surface area contributed by atoms with Crippen LogP contribution in [0.5, 0.6) is 0 Å². The van der Waals surface area contributed by atoms with Gasteiger partial charge >= 0.3 is 0 Å². The predicted molar refractivity (Wildman–Crippen MR) is 46.5 cm³/mol. The zero-order valence-electron chi connectivity index (χ0n) is 7.34. The van der Waals surface area contributed by atoms with Crippen molar-refractivity contribution in [1.82, 2.24) is 5.32 Å². The van der Waals surface area contributed by atoms with E-state index in [2.05, 4.69) is 12.2 Å². The molecule has 11 heavy (non-hydrogen) atoms. The van der Waals surface area contributed by atoms with Crippen LogP contribution in [0.2, 0.25) is 0 Å². The summed E-state index contributed by atoms with van der Waals surface area (Å²) in [6.07, 6.45) is 5.19. The van der Waals surface area contributed by atoms with Crippen LogP contribution in [0, 0.1) is 5.92 Å². The Labute approximate surface area is 69.0 Å². The number of nitrogens with one attached hydrogen (secondary N) is 1. The molecule has 0 spiro atoms. The van der Waals surface area contributed by atoms with E-state index >= 15 is 0 Å². The number of rotatable bonds is 6. The zero-order valence-corrected chi connectivity index (χ0v) is 7.34. The molecule has 1 aliphatic carbocycles. The van der Waals surface area contributed by atoms with E-state index in [0.29, 0.717) is 6.04 Å². The first kappa shape index (κ1) is 9.01. The minimum atomic E-state index is 0.279. The van der Waals surface area contributed by atoms with Crippen molar-refractivity contribution in [3.8, 4) is 0 Å². The molecule has 2 nitrogen and oxygen atoms in total. The number of hydrogen-bond acceptors (Lipinski definition) is 2. The summed E-state index contributed by atoms with van der Waals surface area (Å²) >= 11 is 0. The summed E-state index contributed by atoms with van der Waals surface area (Å²) in [4.78, 5) is 0. The second kappa shape index (κ2) is 4.73. The highest BCUT2D eigenvalue weighted by atomic mass is 16.3. The third-order valence-electron chi connectivity index (χ3n) is 2.40. The first-order valence-electron chi connectivity index (χ1n) is 4.71. The van der Waals surface area contributed by atoms with Crippen LogP contribution in [0.3, 0.4) is 0 Å². The molecule has 1 rings (SSSR count). The normalized spacial score (nSPS) is 20.2. The molecule has 0 amide bonds. The van der Waals surface area contributed by atoms with Crippen molar-refractivity contribution >= 4 is 0 Å². The van der Waals surface area contributed by atoms with Gasteiger partial charge in [0.2, 0.25) is 0 Å². The Balaban J connectivity index is 1.90. The van der Waals surface area contributed by atoms with E-state index in [0.717, 1.165) is 18.9 Å². The van der Waals surface area contributed by atoms with E-state index < -0.39 is 0 Å². The molecule has 1 fully saturated rings. The van der Waals surface area contributed by atoms with Gasteiger partial charge in [-0.05, 0) is 25.3 Å². The largest absolute Gasteiger partial charge is 0.395 e. The molecule has 66 valence electrons. The van der Waals surface area contributed by atoms with Gasteiger partial charge in [-0.1, -0.05) is 19.8 Å². The van der Waals surface area contributed by atoms with Crippen LogP contribution in [0.15, 0.2) is 0 Å². The summed E-state index contributed by atoms with van der Waals surface area (Å²) in [5.41, 5.74) is 0. The Kier molecular flexibility index (Phi) is 3.87. The summed E-state index contributed by atoms with van der Waals surface area (Å²) in [7, 11) is 0. The summed E-state index contributed by atoms with van der Waals surface area (Å²) < 4.78 is 0. The van der Waals surface area contributed by atoms with Gasteiger partial charge in [0.25, 0.3) is 0 Å². The molecule has 0 radical (unpaired) electrons. The maximum atomic E-state index is 8.84. The van der Waals surface area contributed by atoms with E-state index in [9.17, 15) is 0 Å². The Bertz CT molecular complexity index is 97.7. The van der Waals surface area contributed by atoms with Crippen molar-refractivity contribution in [3.05, 3.63) is 0 Å². The van der Waals surface area contributed by atoms with Gasteiger partial charge in [0.1, 0.15) is 0 Å². The van der Waals surface area contributed by atoms with Gasteiger partial charge in [-0.25, -0.2) is 0 Å². The lowest BCUT2D eigenvalue weighted by atomic mass is 10.2. The van der Waals surface area contributed by atoms with Crippen LogP contribution in [-0.2, 0) is 0 Å². The molecule has 1 aliphatic rings. The smallest absolute Gasteiger partial charge is 0.0584 e. The second-order valence-electron chi connectivity index (χ2n) is 3.47. The van der Waals surface area contributed by atoms with Crippen LogP contribution >= 0.6 is 0 Å². The number of aliphatic hydroxyl groups is 1. The fourth-order valence-electron chi connectivity index (χ4n) is 1.24. The van der Waals surface area contributed by atoms with Crippen LogP contribution in [-0.4, -0.2) is 24.3 Å². The van der Waals surface area contributed by atoms with E-state index in [1.165, 1.54) is 19.3 Å². The van der Waals surface area contributed by atoms with E-state index in [-0.39, 0.29) is 6.61 Å². The Hall–Kier alpha value is -0.0800. The SMILES string of the molecule is CCC(CO)NCCC1CC1. The van der Waals surface area contributed by atoms with E-state index in [4.69, 9.17) is 5.11 Å². The van der Waals surface area contributed by atoms with Crippen LogP contribution in [0.25, 0.3) is 0 Å². The van der Waals surface area contributed by atoms with Gasteiger partial charge in [-0.15, -0.1) is 0 Å². The van der Waals surface area contributed by atoms with E-state index in [1.54, 1.807) is 0 Å². The summed E-state index contributed by atoms with van der Waals surface area (Å²) in [5, 5.41) is 12.2. The second-order valence-corrected chi connectivity index (χ2v) is 3.47. The lowest BCUT2D eigenvalue weighted by Gasteiger charge is -2.12. The molecular formula is C9H19NO. The van der Waals surface area contributed by atoms with Crippen LogP contribution in [0.4, 0.5) is 0 Å². The third kappa shape index (κ3) is 3.73. The van der Waals surface area contributed by atoms with Gasteiger partial charge in [-0.3, -0.25) is 0 Å². The maximum absolute atomic E-state index is 8.84. The Morgan fingerprint density at radius 1 is 1.55 bits per heavy atom. The van der Waals surface area contributed by atoms with Crippen molar-refractivity contribution in [3.63, 3.8) is 0 Å². The van der Waals surface area contributed by atoms with Gasteiger partial charge in [0.05, 0.1) is 6.61 Å². The highest BCUT2D eigenvalue weighted by molar-refractivity contribution is 4.74. The fraction of sp³-hybridized carbons (Fsp3) is 1.00. The molecule has 0 aromatic rings. The molecular weight excluding hydrogens is 138 g/mol. The maximum Gasteiger partial charge on any atom is 0.0584 e.